The number of methoxy groups -OCH3 is 1. The Balaban J connectivity index is 1.71. The molecule has 0 spiro atoms. The first-order valence-electron chi connectivity index (χ1n) is 6.99. The summed E-state index contributed by atoms with van der Waals surface area (Å²) >= 11 is 0. The zero-order valence-electron chi connectivity index (χ0n) is 11.4. The fraction of sp³-hybridized carbons (Fsp3) is 0.846. The third kappa shape index (κ3) is 2.66. The molecule has 1 unspecified atom stereocenters. The molecule has 1 aromatic rings. The first kappa shape index (κ1) is 13.0. The molecule has 0 saturated carbocycles. The zero-order chi connectivity index (χ0) is 13.1. The summed E-state index contributed by atoms with van der Waals surface area (Å²) in [6.45, 7) is 3.50. The van der Waals surface area contributed by atoms with Gasteiger partial charge in [0.1, 0.15) is 5.60 Å². The van der Waals surface area contributed by atoms with Gasteiger partial charge in [0.05, 0.1) is 0 Å². The second kappa shape index (κ2) is 5.56. The van der Waals surface area contributed by atoms with Crippen molar-refractivity contribution < 1.29 is 14.0 Å². The summed E-state index contributed by atoms with van der Waals surface area (Å²) in [4.78, 5) is 4.55. The topological polar surface area (TPSA) is 69.4 Å². The van der Waals surface area contributed by atoms with E-state index in [1.807, 2.05) is 0 Å². The molecule has 3 heterocycles. The molecule has 1 atom stereocenters. The van der Waals surface area contributed by atoms with Crippen molar-refractivity contribution in [2.45, 2.75) is 31.3 Å². The number of hydrogen-bond acceptors (Lipinski definition) is 6. The Kier molecular flexibility index (Phi) is 3.81. The quantitative estimate of drug-likeness (QED) is 0.873. The van der Waals surface area contributed by atoms with Crippen LogP contribution in [0.5, 0.6) is 0 Å². The highest BCUT2D eigenvalue weighted by atomic mass is 16.5. The first-order chi connectivity index (χ1) is 9.32. The van der Waals surface area contributed by atoms with Crippen LogP contribution in [0.15, 0.2) is 4.52 Å². The van der Waals surface area contributed by atoms with Gasteiger partial charge in [-0.2, -0.15) is 4.98 Å². The number of rotatable bonds is 4. The second-order valence-corrected chi connectivity index (χ2v) is 5.39. The summed E-state index contributed by atoms with van der Waals surface area (Å²) in [6, 6.07) is 0. The molecule has 1 N–H and O–H groups in total. The standard InChI is InChI=1S/C13H21N3O3/c1-17-13(3-6-18-7-4-13)12-15-11(19-16-12)8-10-2-5-14-9-10/h10,14H,2-9H2,1H3. The van der Waals surface area contributed by atoms with Gasteiger partial charge in [0.25, 0.3) is 0 Å². The van der Waals surface area contributed by atoms with E-state index in [0.29, 0.717) is 25.0 Å². The molecule has 2 aliphatic rings. The first-order valence-corrected chi connectivity index (χ1v) is 6.99. The Hall–Kier alpha value is -0.980. The summed E-state index contributed by atoms with van der Waals surface area (Å²) in [5, 5.41) is 7.49. The van der Waals surface area contributed by atoms with E-state index in [-0.39, 0.29) is 0 Å². The Morgan fingerprint density at radius 3 is 2.95 bits per heavy atom. The summed E-state index contributed by atoms with van der Waals surface area (Å²) < 4.78 is 16.5. The molecule has 2 fully saturated rings. The predicted octanol–water partition coefficient (Wildman–Crippen LogP) is 0.874. The molecule has 0 radical (unpaired) electrons. The van der Waals surface area contributed by atoms with E-state index in [4.69, 9.17) is 14.0 Å². The second-order valence-electron chi connectivity index (χ2n) is 5.39. The molecule has 3 rings (SSSR count). The van der Waals surface area contributed by atoms with E-state index in [9.17, 15) is 0 Å². The van der Waals surface area contributed by atoms with Gasteiger partial charge >= 0.3 is 0 Å². The molecule has 0 aliphatic carbocycles. The van der Waals surface area contributed by atoms with Crippen LogP contribution in [-0.4, -0.2) is 43.6 Å². The van der Waals surface area contributed by atoms with Crippen LogP contribution in [0.4, 0.5) is 0 Å². The average molecular weight is 267 g/mol. The molecule has 19 heavy (non-hydrogen) atoms. The molecule has 6 nitrogen and oxygen atoms in total. The van der Waals surface area contributed by atoms with Crippen molar-refractivity contribution in [1.29, 1.82) is 0 Å². The van der Waals surface area contributed by atoms with E-state index in [2.05, 4.69) is 15.5 Å². The third-order valence-electron chi connectivity index (χ3n) is 4.19. The van der Waals surface area contributed by atoms with Crippen molar-refractivity contribution in [2.75, 3.05) is 33.4 Å². The fourth-order valence-corrected chi connectivity index (χ4v) is 2.88. The summed E-state index contributed by atoms with van der Waals surface area (Å²) in [6.07, 6.45) is 3.61. The highest BCUT2D eigenvalue weighted by Gasteiger charge is 2.39. The SMILES string of the molecule is COC1(c2noc(CC3CCNC3)n2)CCOCC1. The number of ether oxygens (including phenoxy) is 2. The Morgan fingerprint density at radius 2 is 2.26 bits per heavy atom. The molecule has 0 bridgehead atoms. The fourth-order valence-electron chi connectivity index (χ4n) is 2.88. The molecule has 0 aromatic carbocycles. The van der Waals surface area contributed by atoms with Gasteiger partial charge in [0.2, 0.25) is 11.7 Å². The maximum atomic E-state index is 5.67. The lowest BCUT2D eigenvalue weighted by Crippen LogP contribution is -2.36. The molecule has 2 saturated heterocycles. The number of hydrogen-bond donors (Lipinski definition) is 1. The summed E-state index contributed by atoms with van der Waals surface area (Å²) in [5.41, 5.74) is -0.423. The van der Waals surface area contributed by atoms with Crippen molar-refractivity contribution in [2.24, 2.45) is 5.92 Å². The summed E-state index contributed by atoms with van der Waals surface area (Å²) in [7, 11) is 1.71. The van der Waals surface area contributed by atoms with Gasteiger partial charge in [-0.3, -0.25) is 0 Å². The van der Waals surface area contributed by atoms with Crippen molar-refractivity contribution in [3.63, 3.8) is 0 Å². The zero-order valence-corrected chi connectivity index (χ0v) is 11.4. The lowest BCUT2D eigenvalue weighted by Gasteiger charge is -2.32. The lowest BCUT2D eigenvalue weighted by molar-refractivity contribution is -0.101. The molecule has 106 valence electrons. The predicted molar refractivity (Wildman–Crippen MR) is 67.7 cm³/mol. The van der Waals surface area contributed by atoms with Crippen LogP contribution in [0.3, 0.4) is 0 Å². The van der Waals surface area contributed by atoms with E-state index < -0.39 is 5.60 Å². The molecular weight excluding hydrogens is 246 g/mol. The van der Waals surface area contributed by atoms with Crippen molar-refractivity contribution in [3.8, 4) is 0 Å². The van der Waals surface area contributed by atoms with Gasteiger partial charge in [0.15, 0.2) is 0 Å². The molecule has 0 amide bonds. The summed E-state index contributed by atoms with van der Waals surface area (Å²) in [5.74, 6) is 2.02. The van der Waals surface area contributed by atoms with Crippen LogP contribution in [0.1, 0.15) is 31.0 Å². The minimum Gasteiger partial charge on any atom is -0.381 e. The number of nitrogens with zero attached hydrogens (tertiary/aromatic N) is 2. The van der Waals surface area contributed by atoms with Gasteiger partial charge in [-0.25, -0.2) is 0 Å². The smallest absolute Gasteiger partial charge is 0.227 e. The Morgan fingerprint density at radius 1 is 1.42 bits per heavy atom. The number of nitrogens with one attached hydrogen (secondary N) is 1. The van der Waals surface area contributed by atoms with Crippen LogP contribution in [0.2, 0.25) is 0 Å². The van der Waals surface area contributed by atoms with Gasteiger partial charge < -0.3 is 19.3 Å². The van der Waals surface area contributed by atoms with E-state index >= 15 is 0 Å². The van der Waals surface area contributed by atoms with E-state index in [1.54, 1.807) is 7.11 Å². The molecular formula is C13H21N3O3. The highest BCUT2D eigenvalue weighted by Crippen LogP contribution is 2.33. The van der Waals surface area contributed by atoms with E-state index in [0.717, 1.165) is 38.2 Å². The minimum absolute atomic E-state index is 0.423. The minimum atomic E-state index is -0.423. The van der Waals surface area contributed by atoms with Gasteiger partial charge in [-0.15, -0.1) is 0 Å². The lowest BCUT2D eigenvalue weighted by atomic mass is 9.93. The van der Waals surface area contributed by atoms with Crippen molar-refractivity contribution in [3.05, 3.63) is 11.7 Å². The van der Waals surface area contributed by atoms with E-state index in [1.165, 1.54) is 6.42 Å². The monoisotopic (exact) mass is 267 g/mol. The molecule has 1 aromatic heterocycles. The number of aromatic nitrogens is 2. The van der Waals surface area contributed by atoms with Gasteiger partial charge in [-0.1, -0.05) is 5.16 Å². The van der Waals surface area contributed by atoms with Gasteiger partial charge in [0, 0.05) is 39.6 Å². The van der Waals surface area contributed by atoms with Gasteiger partial charge in [-0.05, 0) is 25.4 Å². The van der Waals surface area contributed by atoms with Crippen LogP contribution in [-0.2, 0) is 21.5 Å². The maximum absolute atomic E-state index is 5.67. The maximum Gasteiger partial charge on any atom is 0.227 e. The van der Waals surface area contributed by atoms with Crippen LogP contribution in [0.25, 0.3) is 0 Å². The molecule has 6 heteroatoms. The highest BCUT2D eigenvalue weighted by molar-refractivity contribution is 5.03. The largest absolute Gasteiger partial charge is 0.381 e. The van der Waals surface area contributed by atoms with Crippen LogP contribution < -0.4 is 5.32 Å². The Labute approximate surface area is 112 Å². The Bertz CT molecular complexity index is 409. The third-order valence-corrected chi connectivity index (χ3v) is 4.19. The average Bonchev–Trinajstić information content (AvgIpc) is 3.12. The molecule has 2 aliphatic heterocycles. The normalized spacial score (nSPS) is 26.7. The van der Waals surface area contributed by atoms with Crippen molar-refractivity contribution in [1.82, 2.24) is 15.5 Å². The van der Waals surface area contributed by atoms with Crippen LogP contribution in [0, 0.1) is 5.92 Å². The van der Waals surface area contributed by atoms with Crippen LogP contribution >= 0.6 is 0 Å². The van der Waals surface area contributed by atoms with Crippen molar-refractivity contribution >= 4 is 0 Å².